The molecule has 0 atom stereocenters. The second-order valence-electron chi connectivity index (χ2n) is 5.94. The number of hydrogen-bond acceptors (Lipinski definition) is 6. The molecular formula is C17H20N2O5S2. The van der Waals surface area contributed by atoms with Gasteiger partial charge in [0.25, 0.3) is 0 Å². The fraction of sp³-hybridized carbons (Fsp3) is 0.353. The van der Waals surface area contributed by atoms with Crippen molar-refractivity contribution < 1.29 is 23.1 Å². The average Bonchev–Trinajstić information content (AvgIpc) is 3.10. The molecule has 0 radical (unpaired) electrons. The summed E-state index contributed by atoms with van der Waals surface area (Å²) in [6, 6.07) is 8.17. The smallest absolute Gasteiger partial charge is 0.346 e. The van der Waals surface area contributed by atoms with Crippen molar-refractivity contribution >= 4 is 27.3 Å². The fourth-order valence-electron chi connectivity index (χ4n) is 2.91. The standard InChI is InChI=1S/C17H20N2O5S2/c1-24-14-2-4-15(5-3-14)26(22,23)19-9-7-18(8-10-19)12-13-6-11-25-16(13)17(20)21/h2-6,11H,7-10,12H2,1H3,(H,20,21). The van der Waals surface area contributed by atoms with Gasteiger partial charge in [0.05, 0.1) is 12.0 Å². The molecule has 9 heteroatoms. The van der Waals surface area contributed by atoms with Crippen LogP contribution in [0.3, 0.4) is 0 Å². The van der Waals surface area contributed by atoms with E-state index in [0.717, 1.165) is 5.56 Å². The van der Waals surface area contributed by atoms with E-state index in [9.17, 15) is 18.3 Å². The predicted molar refractivity (Wildman–Crippen MR) is 98.3 cm³/mol. The molecule has 0 unspecified atom stereocenters. The first-order valence-corrected chi connectivity index (χ1v) is 10.4. The third-order valence-electron chi connectivity index (χ3n) is 4.36. The van der Waals surface area contributed by atoms with Gasteiger partial charge in [0.1, 0.15) is 10.6 Å². The monoisotopic (exact) mass is 396 g/mol. The second-order valence-corrected chi connectivity index (χ2v) is 8.79. The lowest BCUT2D eigenvalue weighted by molar-refractivity contribution is 0.0699. The summed E-state index contributed by atoms with van der Waals surface area (Å²) in [6.45, 7) is 2.39. The van der Waals surface area contributed by atoms with Crippen LogP contribution >= 0.6 is 11.3 Å². The molecule has 0 aliphatic carbocycles. The largest absolute Gasteiger partial charge is 0.497 e. The molecule has 1 saturated heterocycles. The molecule has 140 valence electrons. The van der Waals surface area contributed by atoms with E-state index in [4.69, 9.17) is 4.74 Å². The van der Waals surface area contributed by atoms with Crippen molar-refractivity contribution in [1.82, 2.24) is 9.21 Å². The maximum atomic E-state index is 12.7. The minimum absolute atomic E-state index is 0.248. The molecule has 3 rings (SSSR count). The number of aromatic carboxylic acids is 1. The van der Waals surface area contributed by atoms with Gasteiger partial charge in [-0.3, -0.25) is 4.90 Å². The Bertz CT molecular complexity index is 869. The number of rotatable bonds is 6. The number of benzene rings is 1. The van der Waals surface area contributed by atoms with Gasteiger partial charge in [-0.15, -0.1) is 11.3 Å². The number of ether oxygens (including phenoxy) is 1. The Kier molecular flexibility index (Phi) is 5.61. The number of carboxylic acid groups (broad SMARTS) is 1. The van der Waals surface area contributed by atoms with E-state index in [1.165, 1.54) is 22.8 Å². The summed E-state index contributed by atoms with van der Waals surface area (Å²) in [4.78, 5) is 13.9. The van der Waals surface area contributed by atoms with Crippen molar-refractivity contribution in [1.29, 1.82) is 0 Å². The Morgan fingerprint density at radius 2 is 1.81 bits per heavy atom. The van der Waals surface area contributed by atoms with Gasteiger partial charge >= 0.3 is 5.97 Å². The molecular weight excluding hydrogens is 376 g/mol. The molecule has 2 aromatic rings. The molecule has 1 N–H and O–H groups in total. The molecule has 1 fully saturated rings. The van der Waals surface area contributed by atoms with Gasteiger partial charge in [-0.2, -0.15) is 4.31 Å². The lowest BCUT2D eigenvalue weighted by Crippen LogP contribution is -2.48. The summed E-state index contributed by atoms with van der Waals surface area (Å²) >= 11 is 1.21. The number of carboxylic acids is 1. The molecule has 7 nitrogen and oxygen atoms in total. The van der Waals surface area contributed by atoms with E-state index in [1.807, 2.05) is 6.07 Å². The number of nitrogens with zero attached hydrogens (tertiary/aromatic N) is 2. The summed E-state index contributed by atoms with van der Waals surface area (Å²) in [5.41, 5.74) is 0.772. The van der Waals surface area contributed by atoms with Gasteiger partial charge < -0.3 is 9.84 Å². The van der Waals surface area contributed by atoms with E-state index < -0.39 is 16.0 Å². The molecule has 1 aliphatic rings. The van der Waals surface area contributed by atoms with E-state index in [2.05, 4.69) is 4.90 Å². The van der Waals surface area contributed by atoms with Crippen LogP contribution in [0.25, 0.3) is 0 Å². The lowest BCUT2D eigenvalue weighted by atomic mass is 10.2. The van der Waals surface area contributed by atoms with Crippen LogP contribution in [0, 0.1) is 0 Å². The first kappa shape index (κ1) is 18.8. The topological polar surface area (TPSA) is 87.2 Å². The Labute approximate surface area is 156 Å². The highest BCUT2D eigenvalue weighted by Gasteiger charge is 2.29. The number of sulfonamides is 1. The number of hydrogen-bond donors (Lipinski definition) is 1. The average molecular weight is 396 g/mol. The van der Waals surface area contributed by atoms with Crippen molar-refractivity contribution in [2.24, 2.45) is 0 Å². The quantitative estimate of drug-likeness (QED) is 0.803. The van der Waals surface area contributed by atoms with Crippen LogP contribution in [-0.2, 0) is 16.6 Å². The van der Waals surface area contributed by atoms with E-state index in [0.29, 0.717) is 43.4 Å². The maximum Gasteiger partial charge on any atom is 0.346 e. The van der Waals surface area contributed by atoms with Crippen LogP contribution in [0.5, 0.6) is 5.75 Å². The van der Waals surface area contributed by atoms with Crippen LogP contribution < -0.4 is 4.74 Å². The number of methoxy groups -OCH3 is 1. The zero-order valence-electron chi connectivity index (χ0n) is 14.3. The highest BCUT2D eigenvalue weighted by atomic mass is 32.2. The van der Waals surface area contributed by atoms with Crippen LogP contribution in [0.4, 0.5) is 0 Å². The third kappa shape index (κ3) is 3.90. The number of piperazine rings is 1. The summed E-state index contributed by atoms with van der Waals surface area (Å²) in [5, 5.41) is 11.0. The van der Waals surface area contributed by atoms with Gasteiger partial charge in [-0.25, -0.2) is 13.2 Å². The van der Waals surface area contributed by atoms with E-state index in [1.54, 1.807) is 29.6 Å². The SMILES string of the molecule is COc1ccc(S(=O)(=O)N2CCN(Cc3ccsc3C(=O)O)CC2)cc1. The number of carbonyl (C=O) groups is 1. The molecule has 1 aromatic heterocycles. The Morgan fingerprint density at radius 1 is 1.15 bits per heavy atom. The fourth-order valence-corrected chi connectivity index (χ4v) is 5.09. The van der Waals surface area contributed by atoms with E-state index >= 15 is 0 Å². The first-order valence-electron chi connectivity index (χ1n) is 8.08. The first-order chi connectivity index (χ1) is 12.4. The van der Waals surface area contributed by atoms with Gasteiger partial charge in [0.2, 0.25) is 10.0 Å². The third-order valence-corrected chi connectivity index (χ3v) is 7.22. The summed E-state index contributed by atoms with van der Waals surface area (Å²) in [6.07, 6.45) is 0. The molecule has 0 saturated carbocycles. The molecule has 0 bridgehead atoms. The predicted octanol–water partition coefficient (Wildman–Crippen LogP) is 1.96. The second kappa shape index (κ2) is 7.75. The molecule has 0 spiro atoms. The normalized spacial score (nSPS) is 16.5. The van der Waals surface area contributed by atoms with Crippen molar-refractivity contribution in [3.05, 3.63) is 46.2 Å². The van der Waals surface area contributed by atoms with Gasteiger partial charge in [0, 0.05) is 32.7 Å². The number of thiophene rings is 1. The highest BCUT2D eigenvalue weighted by molar-refractivity contribution is 7.89. The van der Waals surface area contributed by atoms with Crippen LogP contribution in [0.1, 0.15) is 15.2 Å². The van der Waals surface area contributed by atoms with Gasteiger partial charge in [0.15, 0.2) is 0 Å². The van der Waals surface area contributed by atoms with Crippen LogP contribution in [0.2, 0.25) is 0 Å². The van der Waals surface area contributed by atoms with E-state index in [-0.39, 0.29) is 4.90 Å². The maximum absolute atomic E-state index is 12.7. The van der Waals surface area contributed by atoms with Crippen molar-refractivity contribution in [2.75, 3.05) is 33.3 Å². The lowest BCUT2D eigenvalue weighted by Gasteiger charge is -2.33. The minimum Gasteiger partial charge on any atom is -0.497 e. The Morgan fingerprint density at radius 3 is 2.38 bits per heavy atom. The summed E-state index contributed by atoms with van der Waals surface area (Å²) in [7, 11) is -2.00. The Balaban J connectivity index is 1.63. The minimum atomic E-state index is -3.54. The zero-order chi connectivity index (χ0) is 18.7. The van der Waals surface area contributed by atoms with Crippen molar-refractivity contribution in [3.8, 4) is 5.75 Å². The molecule has 26 heavy (non-hydrogen) atoms. The zero-order valence-corrected chi connectivity index (χ0v) is 15.9. The van der Waals surface area contributed by atoms with Gasteiger partial charge in [-0.1, -0.05) is 0 Å². The van der Waals surface area contributed by atoms with Gasteiger partial charge in [-0.05, 0) is 41.3 Å². The molecule has 1 aliphatic heterocycles. The highest BCUT2D eigenvalue weighted by Crippen LogP contribution is 2.23. The molecule has 1 aromatic carbocycles. The molecule has 0 amide bonds. The molecule has 2 heterocycles. The summed E-state index contributed by atoms with van der Waals surface area (Å²) in [5.74, 6) is -0.311. The Hall–Kier alpha value is -1.94. The van der Waals surface area contributed by atoms with Crippen LogP contribution in [-0.4, -0.2) is 62.0 Å². The van der Waals surface area contributed by atoms with Crippen molar-refractivity contribution in [3.63, 3.8) is 0 Å². The van der Waals surface area contributed by atoms with Crippen LogP contribution in [0.15, 0.2) is 40.6 Å². The van der Waals surface area contributed by atoms with Crippen molar-refractivity contribution in [2.45, 2.75) is 11.4 Å². The summed E-state index contributed by atoms with van der Waals surface area (Å²) < 4.78 is 32.0.